The van der Waals surface area contributed by atoms with Crippen molar-refractivity contribution < 1.29 is 19.8 Å². The molecule has 0 bridgehead atoms. The van der Waals surface area contributed by atoms with Gasteiger partial charge in [0.1, 0.15) is 17.1 Å². The second kappa shape index (κ2) is 16.7. The lowest BCUT2D eigenvalue weighted by Gasteiger charge is -2.05. The van der Waals surface area contributed by atoms with Gasteiger partial charge in [-0.2, -0.15) is 0 Å². The maximum absolute atomic E-state index is 12.1. The van der Waals surface area contributed by atoms with Crippen molar-refractivity contribution in [2.24, 2.45) is 0 Å². The van der Waals surface area contributed by atoms with Crippen molar-refractivity contribution in [3.63, 3.8) is 0 Å². The number of rotatable bonds is 18. The Kier molecular flexibility index (Phi) is 14.4. The van der Waals surface area contributed by atoms with Gasteiger partial charge in [-0.1, -0.05) is 76.5 Å². The summed E-state index contributed by atoms with van der Waals surface area (Å²) in [7, 11) is 0. The summed E-state index contributed by atoms with van der Waals surface area (Å²) in [6, 6.07) is 4.34. The zero-order chi connectivity index (χ0) is 22.0. The van der Waals surface area contributed by atoms with Crippen LogP contribution in [-0.2, 0) is 11.2 Å². The highest BCUT2D eigenvalue weighted by Gasteiger charge is 2.12. The Morgan fingerprint density at radius 1 is 0.833 bits per heavy atom. The number of hydrogen-bond acceptors (Lipinski definition) is 3. The number of hydrogen-bond donors (Lipinski definition) is 2. The van der Waals surface area contributed by atoms with Gasteiger partial charge in [-0.05, 0) is 49.8 Å². The number of carboxylic acid groups (broad SMARTS) is 1. The van der Waals surface area contributed by atoms with E-state index in [4.69, 9.17) is 5.11 Å². The molecule has 30 heavy (non-hydrogen) atoms. The third kappa shape index (κ3) is 12.5. The smallest absolute Gasteiger partial charge is 0.339 e. The number of allylic oxidation sites excluding steroid dienone is 2. The second-order valence-corrected chi connectivity index (χ2v) is 8.21. The van der Waals surface area contributed by atoms with Crippen LogP contribution in [0.5, 0.6) is 5.75 Å². The van der Waals surface area contributed by atoms with Crippen LogP contribution in [0.15, 0.2) is 30.4 Å². The van der Waals surface area contributed by atoms with Crippen molar-refractivity contribution in [2.75, 3.05) is 0 Å². The lowest BCUT2D eigenvalue weighted by atomic mass is 10.0. The van der Waals surface area contributed by atoms with E-state index < -0.39 is 5.97 Å². The van der Waals surface area contributed by atoms with Crippen LogP contribution in [0.25, 0.3) is 0 Å². The number of carboxylic acids is 1. The van der Waals surface area contributed by atoms with Gasteiger partial charge in [0.15, 0.2) is 0 Å². The van der Waals surface area contributed by atoms with Crippen LogP contribution >= 0.6 is 0 Å². The lowest BCUT2D eigenvalue weighted by molar-refractivity contribution is -0.118. The first-order valence-electron chi connectivity index (χ1n) is 11.8. The van der Waals surface area contributed by atoms with Gasteiger partial charge >= 0.3 is 5.97 Å². The summed E-state index contributed by atoms with van der Waals surface area (Å²) in [6.07, 6.45) is 21.4. The van der Waals surface area contributed by atoms with Gasteiger partial charge in [-0.3, -0.25) is 4.79 Å². The average Bonchev–Trinajstić information content (AvgIpc) is 2.72. The zero-order valence-corrected chi connectivity index (χ0v) is 18.7. The molecule has 0 saturated heterocycles. The Labute approximate surface area is 182 Å². The van der Waals surface area contributed by atoms with Gasteiger partial charge < -0.3 is 10.2 Å². The van der Waals surface area contributed by atoms with Crippen LogP contribution < -0.4 is 0 Å². The molecule has 4 nitrogen and oxygen atoms in total. The van der Waals surface area contributed by atoms with Gasteiger partial charge in [0.05, 0.1) is 0 Å². The Hall–Kier alpha value is -2.10. The molecule has 0 fully saturated rings. The third-order valence-corrected chi connectivity index (χ3v) is 5.41. The fourth-order valence-corrected chi connectivity index (χ4v) is 3.57. The summed E-state index contributed by atoms with van der Waals surface area (Å²) < 4.78 is 0. The minimum atomic E-state index is -1.18. The van der Waals surface area contributed by atoms with Crippen LogP contribution in [-0.4, -0.2) is 22.0 Å². The van der Waals surface area contributed by atoms with Crippen LogP contribution in [0.3, 0.4) is 0 Å². The van der Waals surface area contributed by atoms with Gasteiger partial charge in [-0.15, -0.1) is 0 Å². The predicted molar refractivity (Wildman–Crippen MR) is 123 cm³/mol. The summed E-state index contributed by atoms with van der Waals surface area (Å²) in [5, 5.41) is 18.5. The van der Waals surface area contributed by atoms with Gasteiger partial charge in [0.25, 0.3) is 0 Å². The normalized spacial score (nSPS) is 11.2. The van der Waals surface area contributed by atoms with E-state index in [1.807, 2.05) is 0 Å². The van der Waals surface area contributed by atoms with E-state index in [1.165, 1.54) is 69.9 Å². The maximum atomic E-state index is 12.1. The highest BCUT2D eigenvalue weighted by Crippen LogP contribution is 2.19. The summed E-state index contributed by atoms with van der Waals surface area (Å²) in [5.74, 6) is -1.33. The number of unbranched alkanes of at least 4 members (excludes halogenated alkanes) is 11. The van der Waals surface area contributed by atoms with Gasteiger partial charge in [-0.25, -0.2) is 4.79 Å². The standard InChI is InChI=1S/C26H40O4/c1-2-3-4-5-6-7-8-9-10-11-12-13-14-15-16-17-23(27)20-22-18-19-25(28)24(21-22)26(29)30/h9-10,18-19,21,28H,2-8,11-17,20H2,1H3,(H,29,30)/b10-9-. The molecular formula is C26H40O4. The van der Waals surface area contributed by atoms with Crippen LogP contribution in [0.2, 0.25) is 0 Å². The highest BCUT2D eigenvalue weighted by molar-refractivity contribution is 5.91. The van der Waals surface area contributed by atoms with Crippen molar-refractivity contribution >= 4 is 11.8 Å². The highest BCUT2D eigenvalue weighted by atomic mass is 16.4. The van der Waals surface area contributed by atoms with Crippen molar-refractivity contribution in [3.8, 4) is 5.75 Å². The fourth-order valence-electron chi connectivity index (χ4n) is 3.57. The molecule has 0 saturated carbocycles. The summed E-state index contributed by atoms with van der Waals surface area (Å²) >= 11 is 0. The molecule has 2 N–H and O–H groups in total. The number of benzene rings is 1. The lowest BCUT2D eigenvalue weighted by Crippen LogP contribution is -2.04. The Balaban J connectivity index is 2.00. The summed E-state index contributed by atoms with van der Waals surface area (Å²) in [6.45, 7) is 2.25. The quantitative estimate of drug-likeness (QED) is 0.195. The van der Waals surface area contributed by atoms with Crippen LogP contribution in [0.1, 0.15) is 113 Å². The van der Waals surface area contributed by atoms with Gasteiger partial charge in [0, 0.05) is 12.8 Å². The monoisotopic (exact) mass is 416 g/mol. The number of aromatic hydroxyl groups is 1. The van der Waals surface area contributed by atoms with E-state index in [0.717, 1.165) is 25.7 Å². The zero-order valence-electron chi connectivity index (χ0n) is 18.7. The van der Waals surface area contributed by atoms with E-state index in [1.54, 1.807) is 6.07 Å². The minimum Gasteiger partial charge on any atom is -0.507 e. The van der Waals surface area contributed by atoms with Crippen molar-refractivity contribution in [1.82, 2.24) is 0 Å². The average molecular weight is 417 g/mol. The van der Waals surface area contributed by atoms with E-state index >= 15 is 0 Å². The van der Waals surface area contributed by atoms with E-state index in [2.05, 4.69) is 19.1 Å². The maximum Gasteiger partial charge on any atom is 0.339 e. The molecule has 168 valence electrons. The molecule has 0 aliphatic heterocycles. The van der Waals surface area contributed by atoms with Crippen molar-refractivity contribution in [1.29, 1.82) is 0 Å². The predicted octanol–water partition coefficient (Wildman–Crippen LogP) is 7.24. The van der Waals surface area contributed by atoms with Gasteiger partial charge in [0.2, 0.25) is 0 Å². The number of carbonyl (C=O) groups excluding carboxylic acids is 1. The molecule has 0 atom stereocenters. The van der Waals surface area contributed by atoms with Crippen molar-refractivity contribution in [2.45, 2.75) is 103 Å². The molecule has 0 aromatic heterocycles. The summed E-state index contributed by atoms with van der Waals surface area (Å²) in [5.41, 5.74) is 0.490. The first kappa shape index (κ1) is 25.9. The largest absolute Gasteiger partial charge is 0.507 e. The third-order valence-electron chi connectivity index (χ3n) is 5.41. The molecule has 0 spiro atoms. The fraction of sp³-hybridized carbons (Fsp3) is 0.615. The summed E-state index contributed by atoms with van der Waals surface area (Å²) in [4.78, 5) is 23.1. The molecule has 4 heteroatoms. The van der Waals surface area contributed by atoms with E-state index in [-0.39, 0.29) is 23.5 Å². The first-order valence-corrected chi connectivity index (χ1v) is 11.8. The number of phenols is 1. The molecule has 1 aromatic carbocycles. The molecule has 0 unspecified atom stereocenters. The molecule has 0 aliphatic carbocycles. The number of aromatic carboxylic acids is 1. The second-order valence-electron chi connectivity index (χ2n) is 8.21. The molecule has 0 heterocycles. The van der Waals surface area contributed by atoms with Crippen molar-refractivity contribution in [3.05, 3.63) is 41.5 Å². The van der Waals surface area contributed by atoms with Crippen LogP contribution in [0.4, 0.5) is 0 Å². The number of carbonyl (C=O) groups is 2. The topological polar surface area (TPSA) is 74.6 Å². The minimum absolute atomic E-state index is 0.120. The molecule has 0 amide bonds. The first-order chi connectivity index (χ1) is 14.5. The Morgan fingerprint density at radius 3 is 2.00 bits per heavy atom. The van der Waals surface area contributed by atoms with E-state index in [0.29, 0.717) is 12.0 Å². The molecule has 0 radical (unpaired) electrons. The number of Topliss-reactive ketones (excluding diaryl/α,β-unsaturated/α-hetero) is 1. The Morgan fingerprint density at radius 2 is 1.40 bits per heavy atom. The molecule has 0 aliphatic rings. The van der Waals surface area contributed by atoms with Crippen LogP contribution in [0, 0.1) is 0 Å². The SMILES string of the molecule is CCCCCCCC/C=C\CCCCCCCC(=O)Cc1ccc(O)c(C(=O)O)c1. The molecular weight excluding hydrogens is 376 g/mol. The van der Waals surface area contributed by atoms with E-state index in [9.17, 15) is 14.7 Å². The molecule has 1 rings (SSSR count). The number of ketones is 1. The molecule has 1 aromatic rings. The Bertz CT molecular complexity index is 648.